The van der Waals surface area contributed by atoms with Crippen molar-refractivity contribution in [2.45, 2.75) is 13.0 Å². The lowest BCUT2D eigenvalue weighted by atomic mass is 10.3. The highest BCUT2D eigenvalue weighted by Crippen LogP contribution is 2.11. The maximum Gasteiger partial charge on any atom is 0.241 e. The summed E-state index contributed by atoms with van der Waals surface area (Å²) in [5.74, 6) is 0.402. The van der Waals surface area contributed by atoms with Crippen LogP contribution in [0.1, 0.15) is 6.92 Å². The van der Waals surface area contributed by atoms with Gasteiger partial charge in [-0.15, -0.1) is 0 Å². The Labute approximate surface area is 107 Å². The van der Waals surface area contributed by atoms with E-state index in [1.807, 2.05) is 0 Å². The highest BCUT2D eigenvalue weighted by molar-refractivity contribution is 5.94. The number of hydrogen-bond acceptors (Lipinski definition) is 5. The first-order chi connectivity index (χ1) is 8.67. The summed E-state index contributed by atoms with van der Waals surface area (Å²) in [7, 11) is 3.34. The van der Waals surface area contributed by atoms with Gasteiger partial charge in [0.05, 0.1) is 24.5 Å². The number of aromatic nitrogens is 1. The van der Waals surface area contributed by atoms with Gasteiger partial charge in [-0.1, -0.05) is 0 Å². The topological polar surface area (TPSA) is 72.5 Å². The number of amides is 1. The zero-order valence-corrected chi connectivity index (χ0v) is 10.9. The van der Waals surface area contributed by atoms with Crippen LogP contribution in [0.5, 0.6) is 5.88 Å². The first kappa shape index (κ1) is 14.4. The number of ether oxygens (including phenoxy) is 2. The summed E-state index contributed by atoms with van der Waals surface area (Å²) in [5, 5.41) is 5.60. The summed E-state index contributed by atoms with van der Waals surface area (Å²) < 4.78 is 10.2. The van der Waals surface area contributed by atoms with Gasteiger partial charge in [-0.2, -0.15) is 0 Å². The molecular formula is C12H19N3O3. The molecule has 1 rings (SSSR count). The predicted octanol–water partition coefficient (Wildman–Crippen LogP) is 0.653. The second-order valence-electron chi connectivity index (χ2n) is 3.73. The third kappa shape index (κ3) is 4.68. The van der Waals surface area contributed by atoms with E-state index in [9.17, 15) is 4.79 Å². The van der Waals surface area contributed by atoms with Crippen LogP contribution in [0.15, 0.2) is 18.3 Å². The molecule has 1 unspecified atom stereocenters. The minimum absolute atomic E-state index is 0.104. The molecule has 0 aliphatic carbocycles. The summed E-state index contributed by atoms with van der Waals surface area (Å²) in [6.45, 7) is 2.75. The number of anilines is 1. The fraction of sp³-hybridized carbons (Fsp3) is 0.500. The Bertz CT molecular complexity index is 367. The minimum Gasteiger partial charge on any atom is -0.475 e. The van der Waals surface area contributed by atoms with Crippen molar-refractivity contribution in [3.63, 3.8) is 0 Å². The van der Waals surface area contributed by atoms with Gasteiger partial charge in [0.25, 0.3) is 0 Å². The fourth-order valence-electron chi connectivity index (χ4n) is 1.15. The minimum atomic E-state index is -0.248. The summed E-state index contributed by atoms with van der Waals surface area (Å²) in [5.41, 5.74) is 0.640. The molecular weight excluding hydrogens is 234 g/mol. The van der Waals surface area contributed by atoms with E-state index in [1.165, 1.54) is 0 Å². The Morgan fingerprint density at radius 1 is 1.44 bits per heavy atom. The average molecular weight is 253 g/mol. The van der Waals surface area contributed by atoms with Gasteiger partial charge < -0.3 is 20.1 Å². The van der Waals surface area contributed by atoms with Crippen LogP contribution in [-0.4, -0.2) is 44.3 Å². The molecule has 0 aliphatic rings. The Kier molecular flexibility index (Phi) is 6.10. The molecule has 1 atom stereocenters. The van der Waals surface area contributed by atoms with Gasteiger partial charge in [0.15, 0.2) is 0 Å². The van der Waals surface area contributed by atoms with Crippen LogP contribution in [0.4, 0.5) is 5.69 Å². The Morgan fingerprint density at radius 3 is 2.78 bits per heavy atom. The molecule has 0 bridgehead atoms. The number of pyridine rings is 1. The van der Waals surface area contributed by atoms with Gasteiger partial charge in [-0.3, -0.25) is 4.79 Å². The van der Waals surface area contributed by atoms with Crippen molar-refractivity contribution >= 4 is 11.6 Å². The van der Waals surface area contributed by atoms with E-state index in [0.717, 1.165) is 0 Å². The summed E-state index contributed by atoms with van der Waals surface area (Å²) in [4.78, 5) is 15.7. The number of hydrogen-bond donors (Lipinski definition) is 2. The van der Waals surface area contributed by atoms with Gasteiger partial charge in [-0.25, -0.2) is 4.98 Å². The fourth-order valence-corrected chi connectivity index (χ4v) is 1.15. The molecule has 0 saturated heterocycles. The average Bonchev–Trinajstić information content (AvgIpc) is 2.40. The van der Waals surface area contributed by atoms with Crippen molar-refractivity contribution in [1.29, 1.82) is 0 Å². The molecule has 1 amide bonds. The quantitative estimate of drug-likeness (QED) is 0.698. The lowest BCUT2D eigenvalue weighted by molar-refractivity contribution is -0.117. The lowest BCUT2D eigenvalue weighted by Crippen LogP contribution is -2.35. The van der Waals surface area contributed by atoms with Crippen molar-refractivity contribution in [3.05, 3.63) is 18.3 Å². The molecule has 6 heteroatoms. The van der Waals surface area contributed by atoms with Crippen molar-refractivity contribution in [1.82, 2.24) is 10.3 Å². The van der Waals surface area contributed by atoms with Gasteiger partial charge in [-0.05, 0) is 20.0 Å². The molecule has 0 aliphatic heterocycles. The normalized spacial score (nSPS) is 11.9. The first-order valence-electron chi connectivity index (χ1n) is 5.73. The summed E-state index contributed by atoms with van der Waals surface area (Å²) in [6, 6.07) is 3.20. The van der Waals surface area contributed by atoms with Gasteiger partial charge >= 0.3 is 0 Å². The van der Waals surface area contributed by atoms with E-state index in [0.29, 0.717) is 24.8 Å². The molecule has 1 aromatic heterocycles. The Balaban J connectivity index is 2.47. The molecule has 1 heterocycles. The van der Waals surface area contributed by atoms with E-state index >= 15 is 0 Å². The van der Waals surface area contributed by atoms with Gasteiger partial charge in [0.2, 0.25) is 11.8 Å². The number of carbonyl (C=O) groups is 1. The summed E-state index contributed by atoms with van der Waals surface area (Å²) >= 11 is 0. The number of nitrogens with zero attached hydrogens (tertiary/aromatic N) is 1. The molecule has 18 heavy (non-hydrogen) atoms. The maximum atomic E-state index is 11.6. The number of likely N-dealkylation sites (N-methyl/N-ethyl adjacent to an activating group) is 1. The van der Waals surface area contributed by atoms with Crippen molar-refractivity contribution in [3.8, 4) is 5.88 Å². The largest absolute Gasteiger partial charge is 0.475 e. The van der Waals surface area contributed by atoms with Crippen LogP contribution in [0.3, 0.4) is 0 Å². The summed E-state index contributed by atoms with van der Waals surface area (Å²) in [6.07, 6.45) is 1.56. The smallest absolute Gasteiger partial charge is 0.241 e. The van der Waals surface area contributed by atoms with Crippen LogP contribution in [0.2, 0.25) is 0 Å². The molecule has 0 aromatic carbocycles. The molecule has 6 nitrogen and oxygen atoms in total. The second-order valence-corrected chi connectivity index (χ2v) is 3.73. The molecule has 2 N–H and O–H groups in total. The Hall–Kier alpha value is -1.66. The number of methoxy groups -OCH3 is 1. The maximum absolute atomic E-state index is 11.6. The first-order valence-corrected chi connectivity index (χ1v) is 5.73. The van der Waals surface area contributed by atoms with E-state index < -0.39 is 0 Å². The number of nitrogens with one attached hydrogen (secondary N) is 2. The third-order valence-corrected chi connectivity index (χ3v) is 2.37. The van der Waals surface area contributed by atoms with Crippen molar-refractivity contribution in [2.24, 2.45) is 0 Å². The number of carbonyl (C=O) groups excluding carboxylic acids is 1. The molecule has 0 radical (unpaired) electrons. The van der Waals surface area contributed by atoms with Crippen LogP contribution >= 0.6 is 0 Å². The van der Waals surface area contributed by atoms with Crippen molar-refractivity contribution < 1.29 is 14.3 Å². The van der Waals surface area contributed by atoms with Gasteiger partial charge in [0.1, 0.15) is 6.61 Å². The van der Waals surface area contributed by atoms with Crippen LogP contribution < -0.4 is 15.4 Å². The third-order valence-electron chi connectivity index (χ3n) is 2.37. The van der Waals surface area contributed by atoms with Crippen molar-refractivity contribution in [2.75, 3.05) is 32.7 Å². The Morgan fingerprint density at radius 2 is 2.22 bits per heavy atom. The molecule has 0 spiro atoms. The van der Waals surface area contributed by atoms with E-state index in [1.54, 1.807) is 39.4 Å². The van der Waals surface area contributed by atoms with E-state index in [4.69, 9.17) is 9.47 Å². The molecule has 1 aromatic rings. The highest BCUT2D eigenvalue weighted by atomic mass is 16.5. The van der Waals surface area contributed by atoms with E-state index in [-0.39, 0.29) is 11.9 Å². The van der Waals surface area contributed by atoms with Crippen LogP contribution in [-0.2, 0) is 9.53 Å². The number of rotatable bonds is 7. The van der Waals surface area contributed by atoms with Crippen LogP contribution in [0, 0.1) is 0 Å². The second kappa shape index (κ2) is 7.62. The standard InChI is InChI=1S/C12H19N3O3/c1-9(13-2)12(16)15-10-4-5-11(14-8-10)18-7-6-17-3/h4-5,8-9,13H,6-7H2,1-3H3,(H,15,16). The molecule has 0 fully saturated rings. The predicted molar refractivity (Wildman–Crippen MR) is 68.8 cm³/mol. The lowest BCUT2D eigenvalue weighted by Gasteiger charge is -2.11. The van der Waals surface area contributed by atoms with Crippen LogP contribution in [0.25, 0.3) is 0 Å². The molecule has 100 valence electrons. The zero-order chi connectivity index (χ0) is 13.4. The van der Waals surface area contributed by atoms with Gasteiger partial charge in [0, 0.05) is 13.2 Å². The van der Waals surface area contributed by atoms with E-state index in [2.05, 4.69) is 15.6 Å². The molecule has 0 saturated carbocycles. The SMILES string of the molecule is CNC(C)C(=O)Nc1ccc(OCCOC)nc1. The monoisotopic (exact) mass is 253 g/mol. The highest BCUT2D eigenvalue weighted by Gasteiger charge is 2.10. The zero-order valence-electron chi connectivity index (χ0n) is 10.9.